The molecule has 1 N–H and O–H groups in total. The van der Waals surface area contributed by atoms with Crippen molar-refractivity contribution in [2.45, 2.75) is 44.5 Å². The lowest BCUT2D eigenvalue weighted by molar-refractivity contribution is 0.572. The van der Waals surface area contributed by atoms with Crippen LogP contribution in [0, 0.1) is 20.8 Å². The number of aryl methyl sites for hydroxylation is 3. The van der Waals surface area contributed by atoms with Gasteiger partial charge in [0.25, 0.3) is 0 Å². The Morgan fingerprint density at radius 3 is 2.52 bits per heavy atom. The van der Waals surface area contributed by atoms with Crippen molar-refractivity contribution in [3.63, 3.8) is 0 Å². The van der Waals surface area contributed by atoms with Crippen LogP contribution in [0.5, 0.6) is 0 Å². The second-order valence-corrected chi connectivity index (χ2v) is 7.44. The van der Waals surface area contributed by atoms with Crippen molar-refractivity contribution in [3.8, 4) is 0 Å². The van der Waals surface area contributed by atoms with Crippen molar-refractivity contribution in [3.05, 3.63) is 39.9 Å². The molecule has 0 radical (unpaired) electrons. The van der Waals surface area contributed by atoms with E-state index >= 15 is 0 Å². The van der Waals surface area contributed by atoms with Crippen LogP contribution in [0.25, 0.3) is 0 Å². The molecule has 2 aromatic rings. The molecule has 0 amide bonds. The molecule has 0 aliphatic carbocycles. The first kappa shape index (κ1) is 16.5. The van der Waals surface area contributed by atoms with Crippen molar-refractivity contribution in [1.82, 2.24) is 15.5 Å². The van der Waals surface area contributed by atoms with Gasteiger partial charge in [0.15, 0.2) is 4.34 Å². The van der Waals surface area contributed by atoms with E-state index in [0.29, 0.717) is 6.04 Å². The van der Waals surface area contributed by atoms with Crippen molar-refractivity contribution in [1.29, 1.82) is 0 Å². The molecule has 3 nitrogen and oxygen atoms in total. The van der Waals surface area contributed by atoms with Crippen molar-refractivity contribution in [2.75, 3.05) is 12.3 Å². The normalized spacial score (nSPS) is 12.6. The zero-order valence-electron chi connectivity index (χ0n) is 13.1. The lowest BCUT2D eigenvalue weighted by atomic mass is 9.95. The molecule has 1 aromatic heterocycles. The predicted molar refractivity (Wildman–Crippen MR) is 92.3 cm³/mol. The summed E-state index contributed by atoms with van der Waals surface area (Å²) in [6.07, 6.45) is 1.14. The molecule has 5 heteroatoms. The summed E-state index contributed by atoms with van der Waals surface area (Å²) >= 11 is 3.39. The van der Waals surface area contributed by atoms with Gasteiger partial charge >= 0.3 is 0 Å². The maximum Gasteiger partial charge on any atom is 0.174 e. The Hall–Kier alpha value is -0.910. The average molecular weight is 322 g/mol. The summed E-state index contributed by atoms with van der Waals surface area (Å²) in [6.45, 7) is 9.83. The Morgan fingerprint density at radius 1 is 1.24 bits per heavy atom. The van der Waals surface area contributed by atoms with Crippen LogP contribution < -0.4 is 5.32 Å². The molecule has 114 valence electrons. The van der Waals surface area contributed by atoms with Gasteiger partial charge in [0, 0.05) is 11.8 Å². The molecule has 1 atom stereocenters. The van der Waals surface area contributed by atoms with E-state index in [-0.39, 0.29) is 0 Å². The van der Waals surface area contributed by atoms with Gasteiger partial charge in [-0.1, -0.05) is 47.7 Å². The van der Waals surface area contributed by atoms with Gasteiger partial charge in [-0.3, -0.25) is 0 Å². The third-order valence-corrected chi connectivity index (χ3v) is 5.39. The summed E-state index contributed by atoms with van der Waals surface area (Å²) in [5, 5.41) is 11.7. The average Bonchev–Trinajstić information content (AvgIpc) is 2.93. The van der Waals surface area contributed by atoms with Gasteiger partial charge in [-0.15, -0.1) is 10.2 Å². The summed E-state index contributed by atoms with van der Waals surface area (Å²) in [5.74, 6) is 0.986. The zero-order chi connectivity index (χ0) is 15.2. The van der Waals surface area contributed by atoms with Crippen molar-refractivity contribution >= 4 is 23.1 Å². The number of hydrogen-bond acceptors (Lipinski definition) is 5. The highest BCUT2D eigenvalue weighted by Crippen LogP contribution is 2.29. The fraction of sp³-hybridized carbons (Fsp3) is 0.500. The molecule has 1 heterocycles. The van der Waals surface area contributed by atoms with Crippen molar-refractivity contribution < 1.29 is 0 Å². The van der Waals surface area contributed by atoms with Gasteiger partial charge in [-0.2, -0.15) is 0 Å². The molecular weight excluding hydrogens is 298 g/mol. The molecule has 1 unspecified atom stereocenters. The third kappa shape index (κ3) is 4.53. The topological polar surface area (TPSA) is 37.8 Å². The molecule has 0 aliphatic rings. The summed E-state index contributed by atoms with van der Waals surface area (Å²) < 4.78 is 1.04. The van der Waals surface area contributed by atoms with E-state index in [9.17, 15) is 0 Å². The van der Waals surface area contributed by atoms with Crippen LogP contribution in [0.2, 0.25) is 0 Å². The number of thioether (sulfide) groups is 1. The van der Waals surface area contributed by atoms with Crippen molar-refractivity contribution in [2.24, 2.45) is 0 Å². The summed E-state index contributed by atoms with van der Waals surface area (Å²) in [7, 11) is 0. The number of nitrogens with one attached hydrogen (secondary N) is 1. The van der Waals surface area contributed by atoms with Crippen LogP contribution in [0.4, 0.5) is 0 Å². The second-order valence-electron chi connectivity index (χ2n) is 5.33. The molecule has 21 heavy (non-hydrogen) atoms. The number of rotatable bonds is 7. The van der Waals surface area contributed by atoms with Gasteiger partial charge in [0.1, 0.15) is 5.51 Å². The molecule has 0 saturated heterocycles. The summed E-state index contributed by atoms with van der Waals surface area (Å²) in [5.41, 5.74) is 7.31. The van der Waals surface area contributed by atoms with Gasteiger partial charge in [-0.05, 0) is 50.4 Å². The highest BCUT2D eigenvalue weighted by atomic mass is 32.2. The molecule has 0 bridgehead atoms. The monoisotopic (exact) mass is 321 g/mol. The first-order valence-electron chi connectivity index (χ1n) is 7.32. The van der Waals surface area contributed by atoms with Crippen LogP contribution in [-0.4, -0.2) is 22.5 Å². The molecule has 0 spiro atoms. The smallest absolute Gasteiger partial charge is 0.174 e. The highest BCUT2D eigenvalue weighted by Gasteiger charge is 2.17. The Balaban J connectivity index is 2.18. The SMILES string of the molecule is CCCNC(CSc1nncs1)c1c(C)cc(C)cc1C. The highest BCUT2D eigenvalue weighted by molar-refractivity contribution is 8.01. The Bertz CT molecular complexity index is 544. The number of nitrogens with zero attached hydrogens (tertiary/aromatic N) is 2. The minimum Gasteiger partial charge on any atom is -0.309 e. The minimum absolute atomic E-state index is 0.361. The first-order chi connectivity index (χ1) is 10.1. The van der Waals surface area contributed by atoms with Crippen LogP contribution in [0.3, 0.4) is 0 Å². The van der Waals surface area contributed by atoms with E-state index in [4.69, 9.17) is 0 Å². The summed E-state index contributed by atoms with van der Waals surface area (Å²) in [6, 6.07) is 4.91. The lowest BCUT2D eigenvalue weighted by Gasteiger charge is -2.23. The third-order valence-electron chi connectivity index (χ3n) is 3.44. The molecule has 2 rings (SSSR count). The van der Waals surface area contributed by atoms with E-state index in [1.807, 2.05) is 0 Å². The van der Waals surface area contributed by atoms with Gasteiger partial charge < -0.3 is 5.32 Å². The Kier molecular flexibility index (Phi) is 6.21. The first-order valence-corrected chi connectivity index (χ1v) is 9.18. The molecular formula is C16H23N3S2. The van der Waals surface area contributed by atoms with Crippen LogP contribution in [0.15, 0.2) is 22.0 Å². The standard InChI is InChI=1S/C16H23N3S2/c1-5-6-17-14(9-20-16-19-18-10-21-16)15-12(3)7-11(2)8-13(15)4/h7-8,10,14,17H,5-6,9H2,1-4H3. The van der Waals surface area contributed by atoms with E-state index in [2.05, 4.69) is 55.3 Å². The second kappa shape index (κ2) is 7.92. The number of aromatic nitrogens is 2. The number of benzene rings is 1. The fourth-order valence-corrected chi connectivity index (χ4v) is 4.27. The van der Waals surface area contributed by atoms with Crippen LogP contribution in [0.1, 0.15) is 41.6 Å². The summed E-state index contributed by atoms with van der Waals surface area (Å²) in [4.78, 5) is 0. The quantitative estimate of drug-likeness (QED) is 0.772. The molecule has 0 fully saturated rings. The van der Waals surface area contributed by atoms with Gasteiger partial charge in [-0.25, -0.2) is 0 Å². The minimum atomic E-state index is 0.361. The number of hydrogen-bond donors (Lipinski definition) is 1. The van der Waals surface area contributed by atoms with E-state index < -0.39 is 0 Å². The van der Waals surface area contributed by atoms with Gasteiger partial charge in [0.05, 0.1) is 0 Å². The van der Waals surface area contributed by atoms with E-state index in [1.54, 1.807) is 28.6 Å². The molecule has 0 aliphatic heterocycles. The van der Waals surface area contributed by atoms with Gasteiger partial charge in [0.2, 0.25) is 0 Å². The van der Waals surface area contributed by atoms with Crippen LogP contribution >= 0.6 is 23.1 Å². The predicted octanol–water partition coefficient (Wildman–Crippen LogP) is 4.30. The van der Waals surface area contributed by atoms with E-state index in [0.717, 1.165) is 23.1 Å². The maximum absolute atomic E-state index is 4.12. The molecule has 1 aromatic carbocycles. The Morgan fingerprint density at radius 2 is 1.95 bits per heavy atom. The van der Waals surface area contributed by atoms with Crippen LogP contribution in [-0.2, 0) is 0 Å². The fourth-order valence-electron chi connectivity index (χ4n) is 2.68. The molecule has 0 saturated carbocycles. The maximum atomic E-state index is 4.12. The Labute approximate surface area is 135 Å². The largest absolute Gasteiger partial charge is 0.309 e. The lowest BCUT2D eigenvalue weighted by Crippen LogP contribution is -2.25. The van der Waals surface area contributed by atoms with E-state index in [1.165, 1.54) is 22.3 Å². The zero-order valence-corrected chi connectivity index (χ0v) is 14.8.